The summed E-state index contributed by atoms with van der Waals surface area (Å²) in [7, 11) is 0. The number of alkyl halides is 3. The van der Waals surface area contributed by atoms with Gasteiger partial charge in [-0.15, -0.1) is 0 Å². The SMILES string of the molecule is FC(F)(F)c1ccc(Br)cc1NCCC1CCCCC1. The maximum absolute atomic E-state index is 12.9. The van der Waals surface area contributed by atoms with Gasteiger partial charge in [0, 0.05) is 16.7 Å². The Balaban J connectivity index is 1.95. The standard InChI is InChI=1S/C15H19BrF3N/c16-12-6-7-13(15(17,18)19)14(10-12)20-9-8-11-4-2-1-3-5-11/h6-7,10-11,20H,1-5,8-9H2. The van der Waals surface area contributed by atoms with E-state index in [9.17, 15) is 13.2 Å². The van der Waals surface area contributed by atoms with Crippen LogP contribution in [0.5, 0.6) is 0 Å². The van der Waals surface area contributed by atoms with E-state index in [1.54, 1.807) is 0 Å². The molecule has 0 radical (unpaired) electrons. The molecule has 5 heteroatoms. The molecule has 1 aromatic carbocycles. The number of hydrogen-bond acceptors (Lipinski definition) is 1. The molecule has 0 amide bonds. The minimum absolute atomic E-state index is 0.169. The van der Waals surface area contributed by atoms with Gasteiger partial charge in [0.1, 0.15) is 0 Å². The van der Waals surface area contributed by atoms with Gasteiger partial charge < -0.3 is 5.32 Å². The lowest BCUT2D eigenvalue weighted by atomic mass is 9.87. The van der Waals surface area contributed by atoms with Crippen molar-refractivity contribution in [2.24, 2.45) is 5.92 Å². The summed E-state index contributed by atoms with van der Waals surface area (Å²) in [6, 6.07) is 4.05. The van der Waals surface area contributed by atoms with Crippen LogP contribution in [0.3, 0.4) is 0 Å². The molecule has 1 aromatic rings. The first-order valence-corrected chi connectivity index (χ1v) is 7.87. The Morgan fingerprint density at radius 1 is 1.15 bits per heavy atom. The van der Waals surface area contributed by atoms with Crippen LogP contribution in [-0.4, -0.2) is 6.54 Å². The van der Waals surface area contributed by atoms with Crippen LogP contribution >= 0.6 is 15.9 Å². The van der Waals surface area contributed by atoms with Crippen molar-refractivity contribution in [3.63, 3.8) is 0 Å². The number of hydrogen-bond donors (Lipinski definition) is 1. The summed E-state index contributed by atoms with van der Waals surface area (Å²) in [5.41, 5.74) is -0.424. The second-order valence-corrected chi connectivity index (χ2v) is 6.32. The molecule has 1 fully saturated rings. The van der Waals surface area contributed by atoms with Crippen LogP contribution in [-0.2, 0) is 6.18 Å². The van der Waals surface area contributed by atoms with E-state index in [0.717, 1.165) is 12.5 Å². The van der Waals surface area contributed by atoms with Crippen LogP contribution in [0.15, 0.2) is 22.7 Å². The molecule has 0 spiro atoms. The fraction of sp³-hybridized carbons (Fsp3) is 0.600. The number of rotatable bonds is 4. The Kier molecular flexibility index (Phi) is 5.35. The lowest BCUT2D eigenvalue weighted by molar-refractivity contribution is -0.137. The van der Waals surface area contributed by atoms with E-state index in [4.69, 9.17) is 0 Å². The second-order valence-electron chi connectivity index (χ2n) is 5.41. The van der Waals surface area contributed by atoms with Crippen LogP contribution in [0.1, 0.15) is 44.1 Å². The van der Waals surface area contributed by atoms with E-state index >= 15 is 0 Å². The highest BCUT2D eigenvalue weighted by Crippen LogP contribution is 2.36. The number of benzene rings is 1. The minimum Gasteiger partial charge on any atom is -0.385 e. The summed E-state index contributed by atoms with van der Waals surface area (Å²) in [4.78, 5) is 0. The quantitative estimate of drug-likeness (QED) is 0.718. The molecular formula is C15H19BrF3N. The third kappa shape index (κ3) is 4.40. The number of anilines is 1. The van der Waals surface area contributed by atoms with E-state index in [0.29, 0.717) is 16.9 Å². The Hall–Kier alpha value is -0.710. The number of halogens is 4. The van der Waals surface area contributed by atoms with Gasteiger partial charge in [-0.1, -0.05) is 48.0 Å². The fourth-order valence-electron chi connectivity index (χ4n) is 2.80. The summed E-state index contributed by atoms with van der Waals surface area (Å²) in [6.45, 7) is 0.601. The van der Waals surface area contributed by atoms with Crippen LogP contribution in [0.25, 0.3) is 0 Å². The highest BCUT2D eigenvalue weighted by atomic mass is 79.9. The van der Waals surface area contributed by atoms with Crippen LogP contribution in [0, 0.1) is 5.92 Å². The first-order chi connectivity index (χ1) is 9.47. The van der Waals surface area contributed by atoms with Gasteiger partial charge in [0.2, 0.25) is 0 Å². The molecule has 1 aliphatic carbocycles. The normalized spacial score (nSPS) is 17.2. The van der Waals surface area contributed by atoms with Gasteiger partial charge in [-0.3, -0.25) is 0 Å². The third-order valence-corrected chi connectivity index (χ3v) is 4.37. The maximum atomic E-state index is 12.9. The average molecular weight is 350 g/mol. The molecule has 0 saturated heterocycles. The zero-order chi connectivity index (χ0) is 14.6. The summed E-state index contributed by atoms with van der Waals surface area (Å²) < 4.78 is 39.4. The van der Waals surface area contributed by atoms with Crippen molar-refractivity contribution < 1.29 is 13.2 Å². The van der Waals surface area contributed by atoms with Gasteiger partial charge in [-0.05, 0) is 30.5 Å². The largest absolute Gasteiger partial charge is 0.418 e. The summed E-state index contributed by atoms with van der Waals surface area (Å²) in [5.74, 6) is 0.665. The molecule has 2 rings (SSSR count). The van der Waals surface area contributed by atoms with Crippen molar-refractivity contribution in [1.29, 1.82) is 0 Å². The maximum Gasteiger partial charge on any atom is 0.418 e. The number of nitrogens with one attached hydrogen (secondary N) is 1. The lowest BCUT2D eigenvalue weighted by Gasteiger charge is -2.22. The topological polar surface area (TPSA) is 12.0 Å². The van der Waals surface area contributed by atoms with Gasteiger partial charge in [0.25, 0.3) is 0 Å². The van der Waals surface area contributed by atoms with Crippen molar-refractivity contribution in [1.82, 2.24) is 0 Å². The predicted octanol–water partition coefficient (Wildman–Crippen LogP) is 5.85. The highest BCUT2D eigenvalue weighted by molar-refractivity contribution is 9.10. The lowest BCUT2D eigenvalue weighted by Crippen LogP contribution is -2.15. The molecule has 0 unspecified atom stereocenters. The van der Waals surface area contributed by atoms with Crippen LogP contribution < -0.4 is 5.32 Å². The predicted molar refractivity (Wildman–Crippen MR) is 78.8 cm³/mol. The van der Waals surface area contributed by atoms with Crippen LogP contribution in [0.2, 0.25) is 0 Å². The van der Waals surface area contributed by atoms with E-state index in [-0.39, 0.29) is 5.69 Å². The van der Waals surface area contributed by atoms with Gasteiger partial charge in [-0.2, -0.15) is 13.2 Å². The molecule has 0 heterocycles. The molecule has 0 aliphatic heterocycles. The van der Waals surface area contributed by atoms with Gasteiger partial charge in [0.15, 0.2) is 0 Å². The smallest absolute Gasteiger partial charge is 0.385 e. The molecule has 1 nitrogen and oxygen atoms in total. The molecule has 112 valence electrons. The Morgan fingerprint density at radius 2 is 1.85 bits per heavy atom. The molecule has 1 aliphatic rings. The van der Waals surface area contributed by atoms with Gasteiger partial charge in [0.05, 0.1) is 5.56 Å². The first-order valence-electron chi connectivity index (χ1n) is 7.07. The van der Waals surface area contributed by atoms with E-state index < -0.39 is 11.7 Å². The second kappa shape index (κ2) is 6.83. The van der Waals surface area contributed by atoms with Crippen molar-refractivity contribution in [2.45, 2.75) is 44.7 Å². The zero-order valence-corrected chi connectivity index (χ0v) is 12.9. The van der Waals surface area contributed by atoms with Crippen LogP contribution in [0.4, 0.5) is 18.9 Å². The van der Waals surface area contributed by atoms with Gasteiger partial charge in [-0.25, -0.2) is 0 Å². The van der Waals surface area contributed by atoms with E-state index in [1.807, 2.05) is 0 Å². The highest BCUT2D eigenvalue weighted by Gasteiger charge is 2.33. The molecule has 0 bridgehead atoms. The van der Waals surface area contributed by atoms with Gasteiger partial charge >= 0.3 is 6.18 Å². The Labute approximate surface area is 126 Å². The zero-order valence-electron chi connectivity index (χ0n) is 11.3. The fourth-order valence-corrected chi connectivity index (χ4v) is 3.16. The average Bonchev–Trinajstić information content (AvgIpc) is 2.38. The minimum atomic E-state index is -4.31. The third-order valence-electron chi connectivity index (χ3n) is 3.88. The van der Waals surface area contributed by atoms with Crippen molar-refractivity contribution >= 4 is 21.6 Å². The molecule has 1 N–H and O–H groups in total. The first kappa shape index (κ1) is 15.7. The molecule has 0 aromatic heterocycles. The Bertz CT molecular complexity index is 439. The summed E-state index contributed by atoms with van der Waals surface area (Å²) >= 11 is 3.22. The van der Waals surface area contributed by atoms with Crippen molar-refractivity contribution in [3.8, 4) is 0 Å². The summed E-state index contributed by atoms with van der Waals surface area (Å²) in [5, 5.41) is 2.96. The van der Waals surface area contributed by atoms with E-state index in [1.165, 1.54) is 44.2 Å². The molecule has 1 saturated carbocycles. The van der Waals surface area contributed by atoms with Crippen molar-refractivity contribution in [3.05, 3.63) is 28.2 Å². The van der Waals surface area contributed by atoms with E-state index in [2.05, 4.69) is 21.2 Å². The molecule has 0 atom stereocenters. The van der Waals surface area contributed by atoms with Crippen molar-refractivity contribution in [2.75, 3.05) is 11.9 Å². The monoisotopic (exact) mass is 349 g/mol. The molecular weight excluding hydrogens is 331 g/mol. The molecule has 20 heavy (non-hydrogen) atoms. The Morgan fingerprint density at radius 3 is 2.50 bits per heavy atom. The summed E-state index contributed by atoms with van der Waals surface area (Å²) in [6.07, 6.45) is 2.88.